The van der Waals surface area contributed by atoms with E-state index in [0.717, 1.165) is 37.3 Å². The first-order chi connectivity index (χ1) is 12.7. The Morgan fingerprint density at radius 2 is 2.12 bits per heavy atom. The number of carbonyl (C=O) groups excluding carboxylic acids is 2. The van der Waals surface area contributed by atoms with Crippen molar-refractivity contribution in [2.45, 2.75) is 39.3 Å². The molecule has 1 aromatic heterocycles. The normalized spacial score (nSPS) is 13.3. The van der Waals surface area contributed by atoms with Crippen LogP contribution in [0.3, 0.4) is 0 Å². The Hall–Kier alpha value is -2.18. The van der Waals surface area contributed by atoms with Crippen LogP contribution in [0.1, 0.15) is 35.8 Å². The first-order valence-electron chi connectivity index (χ1n) is 9.08. The molecular formula is C20H25N3O2S. The molecule has 3 rings (SSSR count). The summed E-state index contributed by atoms with van der Waals surface area (Å²) in [6, 6.07) is 9.88. The second-order valence-corrected chi connectivity index (χ2v) is 7.46. The lowest BCUT2D eigenvalue weighted by atomic mass is 10.1. The molecule has 138 valence electrons. The van der Waals surface area contributed by atoms with Crippen molar-refractivity contribution in [3.63, 3.8) is 0 Å². The van der Waals surface area contributed by atoms with Gasteiger partial charge in [-0.3, -0.25) is 9.59 Å². The Morgan fingerprint density at radius 3 is 2.96 bits per heavy atom. The van der Waals surface area contributed by atoms with Gasteiger partial charge in [-0.15, -0.1) is 11.3 Å². The van der Waals surface area contributed by atoms with Gasteiger partial charge in [0.05, 0.1) is 0 Å². The fourth-order valence-electron chi connectivity index (χ4n) is 3.09. The number of hydrogen-bond acceptors (Lipinski definition) is 4. The standard InChI is InChI=1S/C20H25N3O2S/c1-2-21-13-15-4-3-5-17(12-15)22-19(24)6-7-20(25)23-10-8-18-16(14-23)9-11-26-18/h3-5,9,11-12,21H,2,6-8,10,13-14H2,1H3,(H,22,24). The molecule has 0 bridgehead atoms. The van der Waals surface area contributed by atoms with E-state index in [1.165, 1.54) is 10.4 Å². The average molecular weight is 372 g/mol. The molecule has 1 aliphatic rings. The quantitative estimate of drug-likeness (QED) is 0.786. The number of rotatable bonds is 7. The van der Waals surface area contributed by atoms with Crippen molar-refractivity contribution in [2.24, 2.45) is 0 Å². The minimum absolute atomic E-state index is 0.0536. The fourth-order valence-corrected chi connectivity index (χ4v) is 3.98. The third-order valence-corrected chi connectivity index (χ3v) is 5.54. The summed E-state index contributed by atoms with van der Waals surface area (Å²) in [5.41, 5.74) is 3.15. The van der Waals surface area contributed by atoms with E-state index in [9.17, 15) is 9.59 Å². The van der Waals surface area contributed by atoms with Crippen LogP contribution >= 0.6 is 11.3 Å². The number of thiophene rings is 1. The lowest BCUT2D eigenvalue weighted by molar-refractivity contribution is -0.133. The van der Waals surface area contributed by atoms with Crippen molar-refractivity contribution >= 4 is 28.8 Å². The molecule has 6 heteroatoms. The zero-order valence-electron chi connectivity index (χ0n) is 15.1. The highest BCUT2D eigenvalue weighted by molar-refractivity contribution is 7.10. The number of hydrogen-bond donors (Lipinski definition) is 2. The monoisotopic (exact) mass is 371 g/mol. The molecule has 2 amide bonds. The third-order valence-electron chi connectivity index (χ3n) is 4.52. The number of anilines is 1. The number of nitrogens with one attached hydrogen (secondary N) is 2. The number of amides is 2. The largest absolute Gasteiger partial charge is 0.338 e. The molecule has 1 aromatic carbocycles. The molecule has 2 aromatic rings. The van der Waals surface area contributed by atoms with Crippen LogP contribution in [-0.2, 0) is 29.1 Å². The molecule has 0 radical (unpaired) electrons. The zero-order chi connectivity index (χ0) is 18.4. The molecule has 2 N–H and O–H groups in total. The van der Waals surface area contributed by atoms with Crippen LogP contribution in [0.2, 0.25) is 0 Å². The van der Waals surface area contributed by atoms with Crippen molar-refractivity contribution in [3.05, 3.63) is 51.7 Å². The molecule has 26 heavy (non-hydrogen) atoms. The van der Waals surface area contributed by atoms with Gasteiger partial charge in [0.15, 0.2) is 0 Å². The second-order valence-electron chi connectivity index (χ2n) is 6.46. The van der Waals surface area contributed by atoms with Crippen LogP contribution in [0.15, 0.2) is 35.7 Å². The van der Waals surface area contributed by atoms with Crippen LogP contribution in [0.5, 0.6) is 0 Å². The molecule has 0 fully saturated rings. The summed E-state index contributed by atoms with van der Waals surface area (Å²) in [5, 5.41) is 8.24. The summed E-state index contributed by atoms with van der Waals surface area (Å²) < 4.78 is 0. The van der Waals surface area contributed by atoms with Crippen LogP contribution in [0, 0.1) is 0 Å². The van der Waals surface area contributed by atoms with E-state index in [1.807, 2.05) is 29.2 Å². The predicted molar refractivity (Wildman–Crippen MR) is 105 cm³/mol. The molecule has 0 atom stereocenters. The van der Waals surface area contributed by atoms with Crippen molar-refractivity contribution in [3.8, 4) is 0 Å². The molecule has 0 aliphatic carbocycles. The smallest absolute Gasteiger partial charge is 0.224 e. The number of carbonyl (C=O) groups is 2. The van der Waals surface area contributed by atoms with Gasteiger partial charge in [-0.25, -0.2) is 0 Å². The Kier molecular flexibility index (Phi) is 6.41. The van der Waals surface area contributed by atoms with Gasteiger partial charge in [-0.2, -0.15) is 0 Å². The minimum atomic E-state index is -0.118. The minimum Gasteiger partial charge on any atom is -0.338 e. The van der Waals surface area contributed by atoms with Crippen molar-refractivity contribution in [2.75, 3.05) is 18.4 Å². The number of nitrogens with zero attached hydrogens (tertiary/aromatic N) is 1. The summed E-state index contributed by atoms with van der Waals surface area (Å²) in [7, 11) is 0. The van der Waals surface area contributed by atoms with E-state index in [4.69, 9.17) is 0 Å². The Morgan fingerprint density at radius 1 is 1.23 bits per heavy atom. The number of benzene rings is 1. The zero-order valence-corrected chi connectivity index (χ0v) is 15.9. The lowest BCUT2D eigenvalue weighted by Crippen LogP contribution is -2.35. The van der Waals surface area contributed by atoms with Crippen molar-refractivity contribution in [1.82, 2.24) is 10.2 Å². The van der Waals surface area contributed by atoms with Crippen LogP contribution < -0.4 is 10.6 Å². The fraction of sp³-hybridized carbons (Fsp3) is 0.400. The maximum atomic E-state index is 12.4. The molecular weight excluding hydrogens is 346 g/mol. The van der Waals surface area contributed by atoms with Gasteiger partial charge in [0, 0.05) is 43.0 Å². The van der Waals surface area contributed by atoms with Crippen molar-refractivity contribution in [1.29, 1.82) is 0 Å². The van der Waals surface area contributed by atoms with Gasteiger partial charge in [0.2, 0.25) is 11.8 Å². The molecule has 0 saturated heterocycles. The predicted octanol–water partition coefficient (Wildman–Crippen LogP) is 3.16. The van der Waals surface area contributed by atoms with E-state index in [2.05, 4.69) is 29.0 Å². The van der Waals surface area contributed by atoms with Gasteiger partial charge < -0.3 is 15.5 Å². The van der Waals surface area contributed by atoms with Crippen LogP contribution in [-0.4, -0.2) is 29.8 Å². The van der Waals surface area contributed by atoms with E-state index >= 15 is 0 Å². The SMILES string of the molecule is CCNCc1cccc(NC(=O)CCC(=O)N2CCc3sccc3C2)c1. The maximum absolute atomic E-state index is 12.4. The Labute approximate surface area is 158 Å². The molecule has 0 spiro atoms. The highest BCUT2D eigenvalue weighted by Gasteiger charge is 2.21. The first-order valence-corrected chi connectivity index (χ1v) is 9.96. The molecule has 0 saturated carbocycles. The van der Waals surface area contributed by atoms with E-state index in [-0.39, 0.29) is 24.7 Å². The summed E-state index contributed by atoms with van der Waals surface area (Å²) in [6.45, 7) is 5.16. The van der Waals surface area contributed by atoms with E-state index < -0.39 is 0 Å². The molecule has 5 nitrogen and oxygen atoms in total. The molecule has 1 aliphatic heterocycles. The topological polar surface area (TPSA) is 61.4 Å². The van der Waals surface area contributed by atoms with Crippen LogP contribution in [0.25, 0.3) is 0 Å². The third kappa shape index (κ3) is 4.93. The Balaban J connectivity index is 1.46. The van der Waals surface area contributed by atoms with Crippen molar-refractivity contribution < 1.29 is 9.59 Å². The summed E-state index contributed by atoms with van der Waals surface area (Å²) in [5.74, 6) is -0.0647. The second kappa shape index (κ2) is 8.96. The first kappa shape index (κ1) is 18.6. The van der Waals surface area contributed by atoms with E-state index in [0.29, 0.717) is 6.54 Å². The Bertz CT molecular complexity index is 772. The highest BCUT2D eigenvalue weighted by atomic mass is 32.1. The molecule has 2 heterocycles. The van der Waals surface area contributed by atoms with Gasteiger partial charge in [-0.05, 0) is 47.7 Å². The van der Waals surface area contributed by atoms with Gasteiger partial charge >= 0.3 is 0 Å². The van der Waals surface area contributed by atoms with Crippen LogP contribution in [0.4, 0.5) is 5.69 Å². The number of fused-ring (bicyclic) bond motifs is 1. The summed E-state index contributed by atoms with van der Waals surface area (Å²) in [4.78, 5) is 27.8. The average Bonchev–Trinajstić information content (AvgIpc) is 3.12. The summed E-state index contributed by atoms with van der Waals surface area (Å²) in [6.07, 6.45) is 1.38. The lowest BCUT2D eigenvalue weighted by Gasteiger charge is -2.27. The van der Waals surface area contributed by atoms with E-state index in [1.54, 1.807) is 11.3 Å². The highest BCUT2D eigenvalue weighted by Crippen LogP contribution is 2.24. The van der Waals surface area contributed by atoms with Gasteiger partial charge in [0.25, 0.3) is 0 Å². The van der Waals surface area contributed by atoms with Gasteiger partial charge in [0.1, 0.15) is 0 Å². The summed E-state index contributed by atoms with van der Waals surface area (Å²) >= 11 is 1.76. The maximum Gasteiger partial charge on any atom is 0.224 e. The molecule has 0 unspecified atom stereocenters. The van der Waals surface area contributed by atoms with Gasteiger partial charge in [-0.1, -0.05) is 19.1 Å².